The highest BCUT2D eigenvalue weighted by atomic mass is 16.1. The number of pyridine rings is 1. The molecule has 0 saturated heterocycles. The molecule has 2 aliphatic heterocycles. The smallest absolute Gasteiger partial charge is 0.261 e. The van der Waals surface area contributed by atoms with Gasteiger partial charge in [0.2, 0.25) is 0 Å². The zero-order chi connectivity index (χ0) is 15.1. The van der Waals surface area contributed by atoms with E-state index in [0.29, 0.717) is 23.3 Å². The molecule has 3 heterocycles. The largest absolute Gasteiger partial charge is 0.344 e. The van der Waals surface area contributed by atoms with Crippen LogP contribution >= 0.6 is 0 Å². The van der Waals surface area contributed by atoms with E-state index < -0.39 is 6.29 Å². The van der Waals surface area contributed by atoms with Crippen molar-refractivity contribution in [2.24, 2.45) is 10.7 Å². The van der Waals surface area contributed by atoms with Crippen LogP contribution in [0.2, 0.25) is 0 Å². The third-order valence-corrected chi connectivity index (χ3v) is 3.92. The summed E-state index contributed by atoms with van der Waals surface area (Å²) in [6, 6.07) is 1.86. The maximum Gasteiger partial charge on any atom is 0.261 e. The number of nitrogens with one attached hydrogen (secondary N) is 3. The predicted molar refractivity (Wildman–Crippen MR) is 79.4 cm³/mol. The summed E-state index contributed by atoms with van der Waals surface area (Å²) in [6.07, 6.45) is 1.25. The molecule has 8 nitrogen and oxygen atoms in total. The van der Waals surface area contributed by atoms with Gasteiger partial charge >= 0.3 is 0 Å². The van der Waals surface area contributed by atoms with Crippen molar-refractivity contribution in [3.8, 4) is 0 Å². The third kappa shape index (κ3) is 1.99. The molecular formula is C13H19N7O. The average molecular weight is 289 g/mol. The Morgan fingerprint density at radius 2 is 2.24 bits per heavy atom. The van der Waals surface area contributed by atoms with E-state index >= 15 is 0 Å². The molecule has 0 aliphatic carbocycles. The Hall–Kier alpha value is -2.32. The molecule has 1 atom stereocenters. The molecule has 21 heavy (non-hydrogen) atoms. The monoisotopic (exact) mass is 289 g/mol. The van der Waals surface area contributed by atoms with Gasteiger partial charge in [-0.05, 0) is 19.9 Å². The minimum absolute atomic E-state index is 0.0891. The Bertz CT molecular complexity index is 792. The Labute approximate surface area is 121 Å². The summed E-state index contributed by atoms with van der Waals surface area (Å²) in [5, 5.41) is 0.922. The molecule has 1 aromatic rings. The van der Waals surface area contributed by atoms with Crippen LogP contribution in [-0.2, 0) is 6.54 Å². The molecule has 1 aromatic heterocycles. The van der Waals surface area contributed by atoms with Crippen LogP contribution in [0.25, 0.3) is 11.4 Å². The summed E-state index contributed by atoms with van der Waals surface area (Å²) >= 11 is 0. The molecule has 0 fully saturated rings. The second-order valence-electron chi connectivity index (χ2n) is 5.04. The molecule has 1 unspecified atom stereocenters. The van der Waals surface area contributed by atoms with E-state index in [0.717, 1.165) is 10.9 Å². The number of hydrazine groups is 2. The molecule has 0 saturated carbocycles. The minimum Gasteiger partial charge on any atom is -0.344 e. The SMILES string of the molecule is CCn1c(=O)c(C2=CNNN2)cc2c1=NC(N)N(C)C=2C. The normalized spacial score (nSPS) is 20.4. The molecule has 0 aromatic carbocycles. The summed E-state index contributed by atoms with van der Waals surface area (Å²) in [4.78, 5) is 19.0. The van der Waals surface area contributed by atoms with Crippen LogP contribution < -0.4 is 38.4 Å². The number of hydrogen-bond acceptors (Lipinski definition) is 7. The highest BCUT2D eigenvalue weighted by molar-refractivity contribution is 5.64. The fraction of sp³-hybridized carbons (Fsp3) is 0.385. The van der Waals surface area contributed by atoms with Crippen LogP contribution in [0.4, 0.5) is 0 Å². The highest BCUT2D eigenvalue weighted by Gasteiger charge is 2.20. The van der Waals surface area contributed by atoms with Crippen molar-refractivity contribution in [1.82, 2.24) is 25.9 Å². The van der Waals surface area contributed by atoms with Gasteiger partial charge in [-0.25, -0.2) is 4.99 Å². The van der Waals surface area contributed by atoms with Gasteiger partial charge < -0.3 is 15.8 Å². The molecule has 2 aliphatic rings. The van der Waals surface area contributed by atoms with E-state index in [1.54, 1.807) is 10.8 Å². The molecule has 0 radical (unpaired) electrons. The van der Waals surface area contributed by atoms with Crippen LogP contribution in [0.3, 0.4) is 0 Å². The maximum atomic E-state index is 12.7. The number of nitrogens with zero attached hydrogens (tertiary/aromatic N) is 3. The van der Waals surface area contributed by atoms with Crippen molar-refractivity contribution in [2.45, 2.75) is 26.7 Å². The Morgan fingerprint density at radius 1 is 1.48 bits per heavy atom. The Kier molecular flexibility index (Phi) is 3.19. The van der Waals surface area contributed by atoms with Crippen molar-refractivity contribution in [3.05, 3.63) is 38.9 Å². The number of aromatic nitrogens is 1. The van der Waals surface area contributed by atoms with Crippen molar-refractivity contribution in [2.75, 3.05) is 7.05 Å². The van der Waals surface area contributed by atoms with Crippen LogP contribution in [0.15, 0.2) is 22.1 Å². The van der Waals surface area contributed by atoms with Gasteiger partial charge in [-0.1, -0.05) is 0 Å². The Morgan fingerprint density at radius 3 is 2.86 bits per heavy atom. The quantitative estimate of drug-likeness (QED) is 0.489. The van der Waals surface area contributed by atoms with E-state index in [9.17, 15) is 4.79 Å². The lowest BCUT2D eigenvalue weighted by Crippen LogP contribution is -2.54. The maximum absolute atomic E-state index is 12.7. The first-order valence-corrected chi connectivity index (χ1v) is 6.82. The second-order valence-corrected chi connectivity index (χ2v) is 5.04. The fourth-order valence-electron chi connectivity index (χ4n) is 2.54. The van der Waals surface area contributed by atoms with Crippen LogP contribution in [0.1, 0.15) is 19.4 Å². The first kappa shape index (κ1) is 13.7. The van der Waals surface area contributed by atoms with Gasteiger partial charge in [0.1, 0.15) is 5.49 Å². The van der Waals surface area contributed by atoms with Gasteiger partial charge in [0.05, 0.1) is 11.3 Å². The molecule has 3 rings (SSSR count). The van der Waals surface area contributed by atoms with Crippen molar-refractivity contribution in [1.29, 1.82) is 0 Å². The number of hydrogen-bond donors (Lipinski definition) is 4. The van der Waals surface area contributed by atoms with Gasteiger partial charge in [-0.3, -0.25) is 15.1 Å². The number of nitrogens with two attached hydrogens (primary N) is 1. The van der Waals surface area contributed by atoms with Gasteiger partial charge in [0.15, 0.2) is 6.29 Å². The summed E-state index contributed by atoms with van der Waals surface area (Å²) in [6.45, 7) is 4.44. The molecule has 5 N–H and O–H groups in total. The Balaban J connectivity index is 2.40. The predicted octanol–water partition coefficient (Wildman–Crippen LogP) is -2.29. The molecule has 0 bridgehead atoms. The minimum atomic E-state index is -0.465. The molecular weight excluding hydrogens is 270 g/mol. The topological polar surface area (TPSA) is 99.7 Å². The second kappa shape index (κ2) is 4.90. The van der Waals surface area contributed by atoms with Gasteiger partial charge in [0, 0.05) is 30.7 Å². The zero-order valence-electron chi connectivity index (χ0n) is 12.3. The van der Waals surface area contributed by atoms with E-state index in [4.69, 9.17) is 5.73 Å². The third-order valence-electron chi connectivity index (χ3n) is 3.92. The van der Waals surface area contributed by atoms with Crippen molar-refractivity contribution < 1.29 is 0 Å². The molecule has 8 heteroatoms. The lowest BCUT2D eigenvalue weighted by molar-refractivity contribution is 0.341. The molecule has 0 spiro atoms. The van der Waals surface area contributed by atoms with E-state index in [1.807, 2.05) is 31.9 Å². The lowest BCUT2D eigenvalue weighted by atomic mass is 10.1. The zero-order valence-corrected chi connectivity index (χ0v) is 12.3. The number of fused-ring (bicyclic) bond motifs is 1. The van der Waals surface area contributed by atoms with E-state index in [2.05, 4.69) is 21.4 Å². The van der Waals surface area contributed by atoms with Crippen LogP contribution in [0, 0.1) is 0 Å². The van der Waals surface area contributed by atoms with Crippen LogP contribution in [0.5, 0.6) is 0 Å². The van der Waals surface area contributed by atoms with Crippen molar-refractivity contribution in [3.63, 3.8) is 0 Å². The summed E-state index contributed by atoms with van der Waals surface area (Å²) < 4.78 is 1.65. The summed E-state index contributed by atoms with van der Waals surface area (Å²) in [7, 11) is 1.89. The van der Waals surface area contributed by atoms with Gasteiger partial charge in [-0.15, -0.1) is 0 Å². The van der Waals surface area contributed by atoms with Gasteiger partial charge in [-0.2, -0.15) is 5.53 Å². The van der Waals surface area contributed by atoms with Gasteiger partial charge in [0.25, 0.3) is 5.56 Å². The first-order chi connectivity index (χ1) is 10.0. The first-order valence-electron chi connectivity index (χ1n) is 6.82. The van der Waals surface area contributed by atoms with E-state index in [1.165, 1.54) is 0 Å². The standard InChI is InChI=1S/C13H19N7O/c1-4-20-11-8(7(2)19(3)13(14)16-11)5-9(12(20)21)10-6-15-18-17-10/h5-6,13,15,17-18H,4,14H2,1-3H3. The van der Waals surface area contributed by atoms with Crippen LogP contribution in [-0.4, -0.2) is 22.8 Å². The number of rotatable bonds is 2. The van der Waals surface area contributed by atoms with Crippen molar-refractivity contribution >= 4 is 11.4 Å². The highest BCUT2D eigenvalue weighted by Crippen LogP contribution is 2.08. The lowest BCUT2D eigenvalue weighted by Gasteiger charge is -2.28. The summed E-state index contributed by atoms with van der Waals surface area (Å²) in [5.74, 6) is 0. The van der Waals surface area contributed by atoms with E-state index in [-0.39, 0.29) is 5.56 Å². The summed E-state index contributed by atoms with van der Waals surface area (Å²) in [5.41, 5.74) is 17.3. The molecule has 112 valence electrons. The molecule has 0 amide bonds. The fourth-order valence-corrected chi connectivity index (χ4v) is 2.54. The average Bonchev–Trinajstić information content (AvgIpc) is 2.99.